The summed E-state index contributed by atoms with van der Waals surface area (Å²) < 4.78 is 10.6. The second-order valence-electron chi connectivity index (χ2n) is 6.09. The molecule has 0 aromatic carbocycles. The first-order valence-corrected chi connectivity index (χ1v) is 8.38. The summed E-state index contributed by atoms with van der Waals surface area (Å²) >= 11 is 0. The summed E-state index contributed by atoms with van der Waals surface area (Å²) in [4.78, 5) is 18.1. The van der Waals surface area contributed by atoms with Crippen molar-refractivity contribution in [3.05, 3.63) is 0 Å². The third-order valence-electron chi connectivity index (χ3n) is 3.81. The summed E-state index contributed by atoms with van der Waals surface area (Å²) in [6.45, 7) is 9.05. The third kappa shape index (κ3) is 7.65. The molecule has 0 aliphatic carbocycles. The highest BCUT2D eigenvalue weighted by atomic mass is 16.5. The zero-order valence-corrected chi connectivity index (χ0v) is 14.9. The minimum Gasteiger partial charge on any atom is -0.382 e. The molecule has 2 N–H and O–H groups in total. The fourth-order valence-electron chi connectivity index (χ4n) is 2.45. The van der Waals surface area contributed by atoms with Gasteiger partial charge in [-0.25, -0.2) is 0 Å². The summed E-state index contributed by atoms with van der Waals surface area (Å²) in [6, 6.07) is 0. The highest BCUT2D eigenvalue weighted by Crippen LogP contribution is 2.16. The van der Waals surface area contributed by atoms with Crippen molar-refractivity contribution in [2.75, 3.05) is 60.2 Å². The number of carbonyl (C=O) groups excluding carboxylic acids is 1. The van der Waals surface area contributed by atoms with Gasteiger partial charge in [-0.1, -0.05) is 13.8 Å². The van der Waals surface area contributed by atoms with E-state index in [4.69, 9.17) is 9.47 Å². The van der Waals surface area contributed by atoms with Crippen LogP contribution in [0.15, 0.2) is 4.99 Å². The number of likely N-dealkylation sites (tertiary alicyclic amines) is 1. The average molecular weight is 328 g/mol. The van der Waals surface area contributed by atoms with Gasteiger partial charge in [-0.3, -0.25) is 9.79 Å². The maximum Gasteiger partial charge on any atom is 0.222 e. The molecular formula is C16H32N4O3. The molecule has 0 aromatic rings. The van der Waals surface area contributed by atoms with Gasteiger partial charge in [0.25, 0.3) is 0 Å². The molecule has 1 atom stereocenters. The smallest absolute Gasteiger partial charge is 0.222 e. The number of aliphatic imine (C=N–C) groups is 1. The van der Waals surface area contributed by atoms with Gasteiger partial charge < -0.3 is 25.0 Å². The highest BCUT2D eigenvalue weighted by molar-refractivity contribution is 5.80. The number of guanidine groups is 1. The molecule has 1 aliphatic rings. The Morgan fingerprint density at radius 3 is 2.70 bits per heavy atom. The van der Waals surface area contributed by atoms with E-state index in [2.05, 4.69) is 20.5 Å². The maximum absolute atomic E-state index is 11.5. The Morgan fingerprint density at radius 1 is 1.30 bits per heavy atom. The number of ether oxygens (including phenoxy) is 2. The van der Waals surface area contributed by atoms with Crippen LogP contribution in [-0.2, 0) is 14.3 Å². The second kappa shape index (κ2) is 11.2. The molecule has 1 unspecified atom stereocenters. The van der Waals surface area contributed by atoms with E-state index in [0.29, 0.717) is 32.2 Å². The maximum atomic E-state index is 11.5. The minimum atomic E-state index is 0.0201. The number of hydrogen-bond donors (Lipinski definition) is 2. The lowest BCUT2D eigenvalue weighted by molar-refractivity contribution is -0.123. The van der Waals surface area contributed by atoms with E-state index in [1.807, 2.05) is 13.8 Å². The van der Waals surface area contributed by atoms with E-state index in [9.17, 15) is 4.79 Å². The molecule has 1 fully saturated rings. The van der Waals surface area contributed by atoms with E-state index in [0.717, 1.165) is 32.1 Å². The van der Waals surface area contributed by atoms with E-state index in [-0.39, 0.29) is 11.8 Å². The largest absolute Gasteiger partial charge is 0.382 e. The second-order valence-corrected chi connectivity index (χ2v) is 6.09. The molecule has 0 saturated carbocycles. The average Bonchev–Trinajstić information content (AvgIpc) is 3.00. The predicted molar refractivity (Wildman–Crippen MR) is 91.6 cm³/mol. The first-order valence-electron chi connectivity index (χ1n) is 8.38. The number of rotatable bonds is 9. The Labute approximate surface area is 139 Å². The number of carbonyl (C=O) groups is 1. The molecule has 7 nitrogen and oxygen atoms in total. The zero-order valence-electron chi connectivity index (χ0n) is 14.9. The fourth-order valence-corrected chi connectivity index (χ4v) is 2.45. The van der Waals surface area contributed by atoms with Gasteiger partial charge in [-0.05, 0) is 6.42 Å². The van der Waals surface area contributed by atoms with Crippen LogP contribution in [0.25, 0.3) is 0 Å². The van der Waals surface area contributed by atoms with Crippen molar-refractivity contribution in [3.8, 4) is 0 Å². The van der Waals surface area contributed by atoms with E-state index in [1.54, 1.807) is 14.2 Å². The number of nitrogens with one attached hydrogen (secondary N) is 2. The van der Waals surface area contributed by atoms with Crippen LogP contribution < -0.4 is 10.6 Å². The standard InChI is InChI=1S/C16H32N4O3/c1-13(2)15(21)18-6-7-19-16(17-3)20-8-5-14(11-20)12-23-10-9-22-4/h13-14H,5-12H2,1-4H3,(H,17,19)(H,18,21). The van der Waals surface area contributed by atoms with Crippen LogP contribution in [0.5, 0.6) is 0 Å². The SMILES string of the molecule is CN=C(NCCNC(=O)C(C)C)N1CCC(COCCOC)C1. The Morgan fingerprint density at radius 2 is 2.04 bits per heavy atom. The number of hydrogen-bond acceptors (Lipinski definition) is 4. The molecule has 0 spiro atoms. The van der Waals surface area contributed by atoms with Crippen LogP contribution in [0, 0.1) is 11.8 Å². The normalized spacial score (nSPS) is 18.6. The Kier molecular flexibility index (Phi) is 9.63. The van der Waals surface area contributed by atoms with Gasteiger partial charge in [0.1, 0.15) is 0 Å². The molecule has 0 bridgehead atoms. The van der Waals surface area contributed by atoms with Gasteiger partial charge in [0.05, 0.1) is 19.8 Å². The van der Waals surface area contributed by atoms with E-state index < -0.39 is 0 Å². The van der Waals surface area contributed by atoms with Crippen molar-refractivity contribution >= 4 is 11.9 Å². The molecule has 0 radical (unpaired) electrons. The van der Waals surface area contributed by atoms with Gasteiger partial charge in [0.2, 0.25) is 5.91 Å². The molecule has 134 valence electrons. The molecule has 7 heteroatoms. The van der Waals surface area contributed by atoms with Gasteiger partial charge in [0, 0.05) is 52.2 Å². The Hall–Kier alpha value is -1.34. The van der Waals surface area contributed by atoms with E-state index >= 15 is 0 Å². The summed E-state index contributed by atoms with van der Waals surface area (Å²) in [6.07, 6.45) is 1.11. The van der Waals surface area contributed by atoms with Crippen LogP contribution >= 0.6 is 0 Å². The van der Waals surface area contributed by atoms with Gasteiger partial charge in [-0.2, -0.15) is 0 Å². The fraction of sp³-hybridized carbons (Fsp3) is 0.875. The first kappa shape index (κ1) is 19.7. The third-order valence-corrected chi connectivity index (χ3v) is 3.81. The monoisotopic (exact) mass is 328 g/mol. The first-order chi connectivity index (χ1) is 11.1. The number of nitrogens with zero attached hydrogens (tertiary/aromatic N) is 2. The highest BCUT2D eigenvalue weighted by Gasteiger charge is 2.24. The number of methoxy groups -OCH3 is 1. The molecule has 1 saturated heterocycles. The predicted octanol–water partition coefficient (Wildman–Crippen LogP) is 0.319. The number of amides is 1. The summed E-state index contributed by atoms with van der Waals surface area (Å²) in [5, 5.41) is 6.20. The van der Waals surface area contributed by atoms with Gasteiger partial charge in [-0.15, -0.1) is 0 Å². The van der Waals surface area contributed by atoms with Crippen molar-refractivity contribution in [2.45, 2.75) is 20.3 Å². The van der Waals surface area contributed by atoms with Crippen LogP contribution in [0.2, 0.25) is 0 Å². The lowest BCUT2D eigenvalue weighted by Crippen LogP contribution is -2.43. The van der Waals surface area contributed by atoms with Crippen molar-refractivity contribution < 1.29 is 14.3 Å². The summed E-state index contributed by atoms with van der Waals surface area (Å²) in [5.74, 6) is 1.53. The Balaban J connectivity index is 2.21. The van der Waals surface area contributed by atoms with Crippen LogP contribution in [0.4, 0.5) is 0 Å². The molecule has 23 heavy (non-hydrogen) atoms. The molecule has 1 amide bonds. The lowest BCUT2D eigenvalue weighted by atomic mass is 10.1. The van der Waals surface area contributed by atoms with Crippen molar-refractivity contribution in [2.24, 2.45) is 16.8 Å². The lowest BCUT2D eigenvalue weighted by Gasteiger charge is -2.22. The topological polar surface area (TPSA) is 75.2 Å². The summed E-state index contributed by atoms with van der Waals surface area (Å²) in [5.41, 5.74) is 0. The Bertz CT molecular complexity index is 374. The van der Waals surface area contributed by atoms with Crippen molar-refractivity contribution in [1.29, 1.82) is 0 Å². The molecule has 1 rings (SSSR count). The minimum absolute atomic E-state index is 0.0201. The van der Waals surface area contributed by atoms with Gasteiger partial charge in [0.15, 0.2) is 5.96 Å². The molecule has 1 heterocycles. The van der Waals surface area contributed by atoms with Crippen LogP contribution in [0.1, 0.15) is 20.3 Å². The van der Waals surface area contributed by atoms with Crippen molar-refractivity contribution in [3.63, 3.8) is 0 Å². The van der Waals surface area contributed by atoms with Gasteiger partial charge >= 0.3 is 0 Å². The summed E-state index contributed by atoms with van der Waals surface area (Å²) in [7, 11) is 3.47. The van der Waals surface area contributed by atoms with Crippen LogP contribution in [0.3, 0.4) is 0 Å². The zero-order chi connectivity index (χ0) is 17.1. The molecule has 0 aromatic heterocycles. The molecule has 1 aliphatic heterocycles. The van der Waals surface area contributed by atoms with Crippen molar-refractivity contribution in [1.82, 2.24) is 15.5 Å². The van der Waals surface area contributed by atoms with Crippen LogP contribution in [-0.4, -0.2) is 76.9 Å². The van der Waals surface area contributed by atoms with E-state index in [1.165, 1.54) is 0 Å². The molecular weight excluding hydrogens is 296 g/mol. The quantitative estimate of drug-likeness (QED) is 0.362.